The predicted octanol–water partition coefficient (Wildman–Crippen LogP) is 3.58. The van der Waals surface area contributed by atoms with Crippen molar-refractivity contribution in [3.63, 3.8) is 0 Å². The number of carboxylic acids is 1. The van der Waals surface area contributed by atoms with Gasteiger partial charge in [0.15, 0.2) is 4.32 Å². The Hall–Kier alpha value is -2.97. The van der Waals surface area contributed by atoms with Gasteiger partial charge >= 0.3 is 11.9 Å². The van der Waals surface area contributed by atoms with E-state index in [2.05, 4.69) is 4.74 Å². The number of nitrogens with zero attached hydrogens (tertiary/aromatic N) is 1. The molecular weight excluding hydrogens is 386 g/mol. The summed E-state index contributed by atoms with van der Waals surface area (Å²) in [5.41, 5.74) is 1.61. The van der Waals surface area contributed by atoms with Crippen LogP contribution in [0.25, 0.3) is 6.08 Å². The van der Waals surface area contributed by atoms with Crippen molar-refractivity contribution < 1.29 is 24.2 Å². The van der Waals surface area contributed by atoms with Crippen molar-refractivity contribution in [2.45, 2.75) is 0 Å². The first-order valence-corrected chi connectivity index (χ1v) is 8.93. The minimum Gasteiger partial charge on any atom is -0.478 e. The number of carboxylic acid groups (broad SMARTS) is 1. The van der Waals surface area contributed by atoms with Crippen LogP contribution in [0.4, 0.5) is 5.69 Å². The normalized spacial score (nSPS) is 15.3. The van der Waals surface area contributed by atoms with E-state index >= 15 is 0 Å². The second-order valence-corrected chi connectivity index (χ2v) is 7.16. The first-order valence-electron chi connectivity index (χ1n) is 7.70. The molecule has 0 unspecified atom stereocenters. The second kappa shape index (κ2) is 7.73. The highest BCUT2D eigenvalue weighted by Gasteiger charge is 2.33. The Labute approximate surface area is 164 Å². The molecule has 1 aliphatic rings. The summed E-state index contributed by atoms with van der Waals surface area (Å²) in [4.78, 5) is 37.1. The molecule has 0 spiro atoms. The van der Waals surface area contributed by atoms with Gasteiger partial charge in [-0.2, -0.15) is 0 Å². The van der Waals surface area contributed by atoms with Crippen LogP contribution >= 0.6 is 24.0 Å². The van der Waals surface area contributed by atoms with Crippen LogP contribution in [0.2, 0.25) is 0 Å². The largest absolute Gasteiger partial charge is 0.478 e. The Bertz CT molecular complexity index is 982. The summed E-state index contributed by atoms with van der Waals surface area (Å²) in [7, 11) is 1.31. The summed E-state index contributed by atoms with van der Waals surface area (Å²) >= 11 is 6.42. The molecule has 0 radical (unpaired) electrons. The van der Waals surface area contributed by atoms with Crippen LogP contribution in [-0.4, -0.2) is 34.4 Å². The summed E-state index contributed by atoms with van der Waals surface area (Å²) in [5.74, 6) is -1.85. The number of thioether (sulfide) groups is 1. The topological polar surface area (TPSA) is 83.9 Å². The lowest BCUT2D eigenvalue weighted by Gasteiger charge is -2.14. The number of amides is 1. The van der Waals surface area contributed by atoms with E-state index in [1.165, 1.54) is 24.1 Å². The predicted molar refractivity (Wildman–Crippen MR) is 107 cm³/mol. The number of rotatable bonds is 4. The number of carbonyl (C=O) groups excluding carboxylic acids is 2. The summed E-state index contributed by atoms with van der Waals surface area (Å²) in [6.45, 7) is 0. The Morgan fingerprint density at radius 2 is 1.85 bits per heavy atom. The standard InChI is InChI=1S/C19H13NO5S2/c1-25-18(24)12-7-5-11(6-8-12)9-15-16(21)20(19(26)27-15)14-4-2-3-13(10-14)17(22)23/h2-10H,1H3,(H,22,23). The number of hydrogen-bond donors (Lipinski definition) is 1. The van der Waals surface area contributed by atoms with Crippen LogP contribution in [0.15, 0.2) is 53.4 Å². The minimum absolute atomic E-state index is 0.0731. The third-order valence-corrected chi connectivity index (χ3v) is 5.08. The fraction of sp³-hybridized carbons (Fsp3) is 0.0526. The molecule has 3 rings (SSSR count). The third kappa shape index (κ3) is 3.91. The van der Waals surface area contributed by atoms with E-state index in [1.807, 2.05) is 0 Å². The summed E-state index contributed by atoms with van der Waals surface area (Å²) in [5, 5.41) is 9.12. The lowest BCUT2D eigenvalue weighted by molar-refractivity contribution is -0.113. The van der Waals surface area contributed by atoms with E-state index in [-0.39, 0.29) is 11.5 Å². The van der Waals surface area contributed by atoms with Crippen molar-refractivity contribution >= 4 is 57.9 Å². The maximum absolute atomic E-state index is 12.8. The number of esters is 1. The van der Waals surface area contributed by atoms with Gasteiger partial charge in [-0.05, 0) is 42.0 Å². The molecule has 1 fully saturated rings. The SMILES string of the molecule is COC(=O)c1ccc(C=C2SC(=S)N(c3cccc(C(=O)O)c3)C2=O)cc1. The maximum Gasteiger partial charge on any atom is 0.337 e. The van der Waals surface area contributed by atoms with Gasteiger partial charge in [0.1, 0.15) is 0 Å². The third-order valence-electron chi connectivity index (χ3n) is 3.77. The minimum atomic E-state index is -1.08. The van der Waals surface area contributed by atoms with Crippen molar-refractivity contribution in [2.24, 2.45) is 0 Å². The summed E-state index contributed by atoms with van der Waals surface area (Å²) < 4.78 is 4.97. The fourth-order valence-corrected chi connectivity index (χ4v) is 3.75. The molecule has 2 aromatic carbocycles. The van der Waals surface area contributed by atoms with Crippen LogP contribution in [0, 0.1) is 0 Å². The first-order chi connectivity index (χ1) is 12.9. The highest BCUT2D eigenvalue weighted by molar-refractivity contribution is 8.27. The van der Waals surface area contributed by atoms with Gasteiger partial charge in [0.05, 0.1) is 28.8 Å². The Morgan fingerprint density at radius 1 is 1.15 bits per heavy atom. The Morgan fingerprint density at radius 3 is 2.48 bits per heavy atom. The fourth-order valence-electron chi connectivity index (χ4n) is 2.45. The molecule has 1 heterocycles. The lowest BCUT2D eigenvalue weighted by atomic mass is 10.1. The number of methoxy groups -OCH3 is 1. The average molecular weight is 399 g/mol. The molecule has 1 N–H and O–H groups in total. The van der Waals surface area contributed by atoms with Crippen LogP contribution in [0.3, 0.4) is 0 Å². The average Bonchev–Trinajstić information content (AvgIpc) is 2.95. The number of anilines is 1. The number of carbonyl (C=O) groups is 3. The van der Waals surface area contributed by atoms with Crippen molar-refractivity contribution in [2.75, 3.05) is 12.0 Å². The summed E-state index contributed by atoms with van der Waals surface area (Å²) in [6, 6.07) is 12.7. The zero-order valence-corrected chi connectivity index (χ0v) is 15.7. The van der Waals surface area contributed by atoms with E-state index in [0.717, 1.165) is 17.3 Å². The number of benzene rings is 2. The van der Waals surface area contributed by atoms with Crippen LogP contribution < -0.4 is 4.90 Å². The van der Waals surface area contributed by atoms with Crippen LogP contribution in [0.5, 0.6) is 0 Å². The number of ether oxygens (including phenoxy) is 1. The molecule has 1 saturated heterocycles. The molecule has 0 bridgehead atoms. The van der Waals surface area contributed by atoms with Crippen molar-refractivity contribution in [1.82, 2.24) is 0 Å². The molecule has 27 heavy (non-hydrogen) atoms. The zero-order chi connectivity index (χ0) is 19.6. The van der Waals surface area contributed by atoms with Gasteiger partial charge in [0, 0.05) is 0 Å². The van der Waals surface area contributed by atoms with Gasteiger partial charge < -0.3 is 9.84 Å². The molecule has 1 aliphatic heterocycles. The van der Waals surface area contributed by atoms with Gasteiger partial charge in [-0.1, -0.05) is 42.2 Å². The highest BCUT2D eigenvalue weighted by atomic mass is 32.2. The van der Waals surface area contributed by atoms with Crippen LogP contribution in [0.1, 0.15) is 26.3 Å². The molecule has 1 amide bonds. The molecular formula is C19H13NO5S2. The van der Waals surface area contributed by atoms with Crippen molar-refractivity contribution in [3.05, 3.63) is 70.1 Å². The molecule has 2 aromatic rings. The van der Waals surface area contributed by atoms with Gasteiger partial charge in [-0.3, -0.25) is 9.69 Å². The molecule has 0 saturated carbocycles. The molecule has 6 nitrogen and oxygen atoms in total. The Kier molecular flexibility index (Phi) is 5.38. The van der Waals surface area contributed by atoms with E-state index < -0.39 is 11.9 Å². The van der Waals surface area contributed by atoms with E-state index in [0.29, 0.717) is 20.5 Å². The molecule has 0 aromatic heterocycles. The molecule has 136 valence electrons. The molecule has 0 atom stereocenters. The summed E-state index contributed by atoms with van der Waals surface area (Å²) in [6.07, 6.45) is 1.67. The van der Waals surface area contributed by atoms with Gasteiger partial charge in [-0.15, -0.1) is 0 Å². The first kappa shape index (κ1) is 18.8. The highest BCUT2D eigenvalue weighted by Crippen LogP contribution is 2.36. The van der Waals surface area contributed by atoms with E-state index in [4.69, 9.17) is 17.3 Å². The van der Waals surface area contributed by atoms with Gasteiger partial charge in [0.2, 0.25) is 0 Å². The van der Waals surface area contributed by atoms with Crippen molar-refractivity contribution in [1.29, 1.82) is 0 Å². The van der Waals surface area contributed by atoms with Crippen molar-refractivity contribution in [3.8, 4) is 0 Å². The lowest BCUT2D eigenvalue weighted by Crippen LogP contribution is -2.27. The van der Waals surface area contributed by atoms with E-state index in [9.17, 15) is 14.4 Å². The monoisotopic (exact) mass is 399 g/mol. The Balaban J connectivity index is 1.87. The van der Waals surface area contributed by atoms with E-state index in [1.54, 1.807) is 42.5 Å². The second-order valence-electron chi connectivity index (χ2n) is 5.49. The molecule has 8 heteroatoms. The number of thiocarbonyl (C=S) groups is 1. The van der Waals surface area contributed by atoms with Crippen LogP contribution in [-0.2, 0) is 9.53 Å². The van der Waals surface area contributed by atoms with Gasteiger partial charge in [0.25, 0.3) is 5.91 Å². The van der Waals surface area contributed by atoms with Gasteiger partial charge in [-0.25, -0.2) is 9.59 Å². The smallest absolute Gasteiger partial charge is 0.337 e. The zero-order valence-electron chi connectivity index (χ0n) is 14.0. The molecule has 0 aliphatic carbocycles. The number of hydrogen-bond acceptors (Lipinski definition) is 6. The maximum atomic E-state index is 12.8. The quantitative estimate of drug-likeness (QED) is 0.478. The number of aromatic carboxylic acids is 1.